The van der Waals surface area contributed by atoms with Gasteiger partial charge in [-0.25, -0.2) is 0 Å². The Hall–Kier alpha value is -1.17. The fourth-order valence-electron chi connectivity index (χ4n) is 5.45. The van der Waals surface area contributed by atoms with Crippen LogP contribution in [0.1, 0.15) is 87.0 Å². The summed E-state index contributed by atoms with van der Waals surface area (Å²) in [5.74, 6) is 0.119. The molecule has 1 fully saturated rings. The average Bonchev–Trinajstić information content (AvgIpc) is 2.71. The monoisotopic (exact) mass is 448 g/mol. The SMILES string of the molecule is CC[C@H]1C[C@@H](CC[C@@H]2[C@@H]3C(=C[C@H](O)C[C@@H]3OC(=O)C(C)(C)CC)C=C[C@@H]2C)OC(C)(C)O1. The molecule has 2 aliphatic carbocycles. The molecule has 3 aliphatic rings. The molecule has 0 bridgehead atoms. The van der Waals surface area contributed by atoms with E-state index in [1.807, 2.05) is 40.7 Å². The third-order valence-electron chi connectivity index (χ3n) is 7.77. The molecule has 32 heavy (non-hydrogen) atoms. The average molecular weight is 449 g/mol. The van der Waals surface area contributed by atoms with E-state index in [4.69, 9.17) is 14.2 Å². The molecule has 0 unspecified atom stereocenters. The molecule has 1 heterocycles. The molecule has 5 nitrogen and oxygen atoms in total. The number of hydrogen-bond acceptors (Lipinski definition) is 5. The molecule has 0 saturated carbocycles. The number of rotatable bonds is 7. The summed E-state index contributed by atoms with van der Waals surface area (Å²) in [4.78, 5) is 12.9. The van der Waals surface area contributed by atoms with Gasteiger partial charge in [0.15, 0.2) is 5.79 Å². The van der Waals surface area contributed by atoms with Crippen molar-refractivity contribution in [1.82, 2.24) is 0 Å². The van der Waals surface area contributed by atoms with Crippen LogP contribution in [0.15, 0.2) is 23.8 Å². The molecule has 1 aliphatic heterocycles. The Balaban J connectivity index is 1.76. The van der Waals surface area contributed by atoms with Crippen LogP contribution in [0.3, 0.4) is 0 Å². The third kappa shape index (κ3) is 5.84. The standard InChI is InChI=1S/C27H44O5/c1-8-20-16-21(32-27(6,7)31-20)12-13-22-17(3)10-11-18-14-19(28)15-23(24(18)22)30-25(29)26(4,5)9-2/h10-11,14,17,19-24,28H,8-9,12-13,15-16H2,1-7H3/t17-,19-,20-,21+,22-,23-,24-/m0/s1. The lowest BCUT2D eigenvalue weighted by Crippen LogP contribution is -2.46. The predicted octanol–water partition coefficient (Wildman–Crippen LogP) is 5.56. The summed E-state index contributed by atoms with van der Waals surface area (Å²) in [6.45, 7) is 14.3. The number of fused-ring (bicyclic) bond motifs is 1. The van der Waals surface area contributed by atoms with E-state index >= 15 is 0 Å². The molecule has 0 amide bonds. The van der Waals surface area contributed by atoms with Crippen LogP contribution in [0.25, 0.3) is 0 Å². The zero-order valence-electron chi connectivity index (χ0n) is 21.1. The van der Waals surface area contributed by atoms with Gasteiger partial charge in [-0.15, -0.1) is 0 Å². The van der Waals surface area contributed by atoms with Crippen molar-refractivity contribution in [3.8, 4) is 0 Å². The number of aliphatic hydroxyl groups is 1. The van der Waals surface area contributed by atoms with Crippen molar-refractivity contribution in [3.05, 3.63) is 23.8 Å². The summed E-state index contributed by atoms with van der Waals surface area (Å²) in [5, 5.41) is 10.5. The van der Waals surface area contributed by atoms with Gasteiger partial charge < -0.3 is 19.3 Å². The molecule has 0 aromatic carbocycles. The number of aliphatic hydroxyl groups excluding tert-OH is 1. The van der Waals surface area contributed by atoms with E-state index in [-0.39, 0.29) is 30.2 Å². The summed E-state index contributed by atoms with van der Waals surface area (Å²) in [6, 6.07) is 0. The van der Waals surface area contributed by atoms with Crippen molar-refractivity contribution < 1.29 is 24.1 Å². The van der Waals surface area contributed by atoms with Gasteiger partial charge in [-0.3, -0.25) is 4.79 Å². The largest absolute Gasteiger partial charge is 0.461 e. The van der Waals surface area contributed by atoms with Crippen LogP contribution in [-0.4, -0.2) is 41.3 Å². The summed E-state index contributed by atoms with van der Waals surface area (Å²) >= 11 is 0. The van der Waals surface area contributed by atoms with Crippen molar-refractivity contribution in [2.75, 3.05) is 0 Å². The minimum Gasteiger partial charge on any atom is -0.461 e. The molecule has 0 spiro atoms. The summed E-state index contributed by atoms with van der Waals surface area (Å²) in [5.41, 5.74) is 0.591. The van der Waals surface area contributed by atoms with E-state index in [1.54, 1.807) is 0 Å². The number of allylic oxidation sites excluding steroid dienone is 2. The second kappa shape index (κ2) is 9.99. The topological polar surface area (TPSA) is 65.0 Å². The first-order chi connectivity index (χ1) is 15.0. The highest BCUT2D eigenvalue weighted by atomic mass is 16.7. The van der Waals surface area contributed by atoms with Crippen LogP contribution in [0.5, 0.6) is 0 Å². The van der Waals surface area contributed by atoms with Crippen molar-refractivity contribution in [1.29, 1.82) is 0 Å². The van der Waals surface area contributed by atoms with Crippen LogP contribution >= 0.6 is 0 Å². The number of ether oxygens (including phenoxy) is 3. The number of hydrogen-bond donors (Lipinski definition) is 1. The molecule has 182 valence electrons. The maximum absolute atomic E-state index is 12.9. The van der Waals surface area contributed by atoms with E-state index in [0.717, 1.165) is 37.7 Å². The summed E-state index contributed by atoms with van der Waals surface area (Å²) in [6.07, 6.45) is 10.9. The van der Waals surface area contributed by atoms with Crippen molar-refractivity contribution in [2.45, 2.75) is 117 Å². The molecule has 1 N–H and O–H groups in total. The van der Waals surface area contributed by atoms with Gasteiger partial charge in [0.05, 0.1) is 23.7 Å². The number of esters is 1. The minimum absolute atomic E-state index is 0.116. The van der Waals surface area contributed by atoms with E-state index in [9.17, 15) is 9.90 Å². The van der Waals surface area contributed by atoms with Crippen LogP contribution < -0.4 is 0 Å². The fraction of sp³-hybridized carbons (Fsp3) is 0.815. The molecule has 7 atom stereocenters. The van der Waals surface area contributed by atoms with Crippen LogP contribution in [0.2, 0.25) is 0 Å². The van der Waals surface area contributed by atoms with Gasteiger partial charge in [-0.1, -0.05) is 39.0 Å². The highest BCUT2D eigenvalue weighted by Crippen LogP contribution is 2.45. The Morgan fingerprint density at radius 3 is 2.53 bits per heavy atom. The van der Waals surface area contributed by atoms with Gasteiger partial charge in [0.1, 0.15) is 6.10 Å². The molecule has 0 aromatic rings. The lowest BCUT2D eigenvalue weighted by molar-refractivity contribution is -0.301. The Morgan fingerprint density at radius 2 is 1.88 bits per heavy atom. The Morgan fingerprint density at radius 1 is 1.19 bits per heavy atom. The Bertz CT molecular complexity index is 722. The van der Waals surface area contributed by atoms with E-state index in [2.05, 4.69) is 26.0 Å². The van der Waals surface area contributed by atoms with E-state index < -0.39 is 17.3 Å². The Labute approximate surface area is 194 Å². The predicted molar refractivity (Wildman–Crippen MR) is 126 cm³/mol. The van der Waals surface area contributed by atoms with Gasteiger partial charge in [-0.05, 0) is 70.8 Å². The second-order valence-electron chi connectivity index (χ2n) is 11.2. The molecule has 3 rings (SSSR count). The van der Waals surface area contributed by atoms with E-state index in [1.165, 1.54) is 0 Å². The minimum atomic E-state index is -0.576. The molecular formula is C27H44O5. The van der Waals surface area contributed by atoms with Crippen LogP contribution in [0, 0.1) is 23.2 Å². The first-order valence-electron chi connectivity index (χ1n) is 12.6. The molecule has 5 heteroatoms. The van der Waals surface area contributed by atoms with Crippen molar-refractivity contribution in [3.63, 3.8) is 0 Å². The number of carbonyl (C=O) groups excluding carboxylic acids is 1. The van der Waals surface area contributed by atoms with E-state index in [0.29, 0.717) is 18.3 Å². The Kier molecular flexibility index (Phi) is 7.94. The maximum Gasteiger partial charge on any atom is 0.311 e. The van der Waals surface area contributed by atoms with Gasteiger partial charge in [0, 0.05) is 18.8 Å². The lowest BCUT2D eigenvalue weighted by Gasteiger charge is -2.45. The molecule has 1 saturated heterocycles. The normalized spacial score (nSPS) is 36.9. The van der Waals surface area contributed by atoms with Crippen LogP contribution in [-0.2, 0) is 19.0 Å². The zero-order valence-corrected chi connectivity index (χ0v) is 21.1. The first kappa shape index (κ1) is 25.5. The second-order valence-corrected chi connectivity index (χ2v) is 11.2. The zero-order chi connectivity index (χ0) is 23.7. The fourth-order valence-corrected chi connectivity index (χ4v) is 5.45. The van der Waals surface area contributed by atoms with Gasteiger partial charge in [-0.2, -0.15) is 0 Å². The van der Waals surface area contributed by atoms with Gasteiger partial charge >= 0.3 is 5.97 Å². The summed E-state index contributed by atoms with van der Waals surface area (Å²) < 4.78 is 18.4. The molecule has 0 radical (unpaired) electrons. The summed E-state index contributed by atoms with van der Waals surface area (Å²) in [7, 11) is 0. The quantitative estimate of drug-likeness (QED) is 0.516. The van der Waals surface area contributed by atoms with Crippen molar-refractivity contribution in [2.24, 2.45) is 23.2 Å². The van der Waals surface area contributed by atoms with Gasteiger partial charge in [0.2, 0.25) is 0 Å². The number of carbonyl (C=O) groups is 1. The highest BCUT2D eigenvalue weighted by molar-refractivity contribution is 5.76. The first-order valence-corrected chi connectivity index (χ1v) is 12.6. The van der Waals surface area contributed by atoms with Crippen LogP contribution in [0.4, 0.5) is 0 Å². The molecule has 0 aromatic heterocycles. The molecular weight excluding hydrogens is 404 g/mol. The highest BCUT2D eigenvalue weighted by Gasteiger charge is 2.44. The smallest absolute Gasteiger partial charge is 0.311 e. The third-order valence-corrected chi connectivity index (χ3v) is 7.77. The van der Waals surface area contributed by atoms with Gasteiger partial charge in [0.25, 0.3) is 0 Å². The lowest BCUT2D eigenvalue weighted by atomic mass is 9.66. The maximum atomic E-state index is 12.9. The van der Waals surface area contributed by atoms with Crippen molar-refractivity contribution >= 4 is 5.97 Å².